The Morgan fingerprint density at radius 1 is 1.17 bits per heavy atom. The van der Waals surface area contributed by atoms with Crippen molar-refractivity contribution in [1.82, 2.24) is 28.8 Å². The van der Waals surface area contributed by atoms with E-state index >= 15 is 0 Å². The molecule has 1 saturated heterocycles. The maximum absolute atomic E-state index is 13.7. The Bertz CT molecular complexity index is 1540. The number of rotatable bonds is 6. The maximum Gasteiger partial charge on any atom is 0.332 e. The van der Waals surface area contributed by atoms with Crippen LogP contribution in [0.3, 0.4) is 0 Å². The van der Waals surface area contributed by atoms with Crippen molar-refractivity contribution >= 4 is 17.1 Å². The third-order valence-electron chi connectivity index (χ3n) is 6.43. The van der Waals surface area contributed by atoms with E-state index in [1.54, 1.807) is 7.05 Å². The van der Waals surface area contributed by atoms with Crippen molar-refractivity contribution < 1.29 is 4.52 Å². The van der Waals surface area contributed by atoms with E-state index in [1.165, 1.54) is 4.57 Å². The molecule has 36 heavy (non-hydrogen) atoms. The minimum atomic E-state index is -0.499. The van der Waals surface area contributed by atoms with Crippen LogP contribution in [-0.4, -0.2) is 48.0 Å². The summed E-state index contributed by atoms with van der Waals surface area (Å²) in [5.74, 6) is 1.21. The fourth-order valence-corrected chi connectivity index (χ4v) is 4.54. The molecule has 1 unspecified atom stereocenters. The number of aryl methyl sites for hydroxylation is 1. The van der Waals surface area contributed by atoms with E-state index in [4.69, 9.17) is 15.2 Å². The molecule has 11 nitrogen and oxygen atoms in total. The fourth-order valence-electron chi connectivity index (χ4n) is 4.54. The maximum atomic E-state index is 13.7. The molecule has 2 N–H and O–H groups in total. The van der Waals surface area contributed by atoms with Crippen LogP contribution in [-0.2, 0) is 20.1 Å². The molecule has 1 atom stereocenters. The van der Waals surface area contributed by atoms with Gasteiger partial charge in [-0.25, -0.2) is 9.36 Å². The van der Waals surface area contributed by atoms with Crippen molar-refractivity contribution in [3.63, 3.8) is 0 Å². The summed E-state index contributed by atoms with van der Waals surface area (Å²) in [4.78, 5) is 38.2. The summed E-state index contributed by atoms with van der Waals surface area (Å²) in [6.07, 6.45) is 3.93. The lowest BCUT2D eigenvalue weighted by atomic mass is 10.1. The Balaban J connectivity index is 1.62. The van der Waals surface area contributed by atoms with Gasteiger partial charge in [-0.3, -0.25) is 9.36 Å². The van der Waals surface area contributed by atoms with Crippen molar-refractivity contribution in [3.8, 4) is 11.4 Å². The lowest BCUT2D eigenvalue weighted by molar-refractivity contribution is 0.367. The van der Waals surface area contributed by atoms with Crippen molar-refractivity contribution in [1.29, 1.82) is 0 Å². The van der Waals surface area contributed by atoms with E-state index in [0.29, 0.717) is 36.0 Å². The van der Waals surface area contributed by atoms with Gasteiger partial charge in [0.15, 0.2) is 11.2 Å². The highest BCUT2D eigenvalue weighted by Crippen LogP contribution is 2.23. The second kappa shape index (κ2) is 9.57. The summed E-state index contributed by atoms with van der Waals surface area (Å²) in [6.45, 7) is 5.75. The zero-order valence-electron chi connectivity index (χ0n) is 20.7. The number of piperidine rings is 1. The van der Waals surface area contributed by atoms with E-state index in [2.05, 4.69) is 15.0 Å². The summed E-state index contributed by atoms with van der Waals surface area (Å²) in [5.41, 5.74) is 7.88. The van der Waals surface area contributed by atoms with Gasteiger partial charge in [-0.05, 0) is 26.7 Å². The van der Waals surface area contributed by atoms with Crippen LogP contribution in [0.15, 0.2) is 56.1 Å². The smallest absolute Gasteiger partial charge is 0.332 e. The van der Waals surface area contributed by atoms with Gasteiger partial charge in [0.25, 0.3) is 5.56 Å². The standard InChI is InChI=1S/C25H30N8O3/c1-16(2)11-13-32-20-22(28-24(32)31-12-7-10-18(26)14-31)30(3)25(35)33(23(20)34)15-19-27-21(29-36-19)17-8-5-4-6-9-17/h4-6,8-9,11,18H,7,10,12-15,26H2,1-3H3. The number of fused-ring (bicyclic) bond motifs is 1. The van der Waals surface area contributed by atoms with Gasteiger partial charge in [0.1, 0.15) is 6.54 Å². The third-order valence-corrected chi connectivity index (χ3v) is 6.43. The molecule has 0 radical (unpaired) electrons. The molecule has 11 heteroatoms. The van der Waals surface area contributed by atoms with Crippen LogP contribution in [0.2, 0.25) is 0 Å². The van der Waals surface area contributed by atoms with Gasteiger partial charge in [0.05, 0.1) is 0 Å². The highest BCUT2D eigenvalue weighted by Gasteiger charge is 2.26. The van der Waals surface area contributed by atoms with E-state index in [9.17, 15) is 9.59 Å². The number of anilines is 1. The lowest BCUT2D eigenvalue weighted by Crippen LogP contribution is -2.44. The summed E-state index contributed by atoms with van der Waals surface area (Å²) in [5, 5.41) is 4.01. The predicted molar refractivity (Wildman–Crippen MR) is 137 cm³/mol. The van der Waals surface area contributed by atoms with Gasteiger partial charge in [-0.1, -0.05) is 47.1 Å². The van der Waals surface area contributed by atoms with Crippen LogP contribution in [0.1, 0.15) is 32.6 Å². The Kier molecular flexibility index (Phi) is 6.31. The van der Waals surface area contributed by atoms with E-state index < -0.39 is 11.2 Å². The van der Waals surface area contributed by atoms with Crippen LogP contribution in [0.25, 0.3) is 22.6 Å². The molecule has 0 spiro atoms. The van der Waals surface area contributed by atoms with Crippen molar-refractivity contribution in [2.75, 3.05) is 18.0 Å². The first-order valence-corrected chi connectivity index (χ1v) is 12.1. The van der Waals surface area contributed by atoms with Gasteiger partial charge >= 0.3 is 5.69 Å². The summed E-state index contributed by atoms with van der Waals surface area (Å²) >= 11 is 0. The molecule has 5 rings (SSSR count). The van der Waals surface area contributed by atoms with Gasteiger partial charge in [0.2, 0.25) is 17.7 Å². The number of nitrogens with two attached hydrogens (primary N) is 1. The molecule has 1 aromatic carbocycles. The molecular weight excluding hydrogens is 460 g/mol. The average Bonchev–Trinajstić information content (AvgIpc) is 3.50. The molecule has 1 aliphatic rings. The monoisotopic (exact) mass is 490 g/mol. The molecule has 1 aliphatic heterocycles. The average molecular weight is 491 g/mol. The molecule has 4 heterocycles. The zero-order valence-corrected chi connectivity index (χ0v) is 20.7. The largest absolute Gasteiger partial charge is 0.341 e. The van der Waals surface area contributed by atoms with E-state index in [0.717, 1.165) is 35.1 Å². The van der Waals surface area contributed by atoms with Crippen LogP contribution >= 0.6 is 0 Å². The molecular formula is C25H30N8O3. The number of benzene rings is 1. The highest BCUT2D eigenvalue weighted by molar-refractivity contribution is 5.74. The first kappa shape index (κ1) is 23.7. The van der Waals surface area contributed by atoms with Crippen LogP contribution < -0.4 is 21.9 Å². The minimum Gasteiger partial charge on any atom is -0.341 e. The SMILES string of the molecule is CC(C)=CCn1c(N2CCCC(N)C2)nc2c1c(=O)n(Cc1nc(-c3ccccc3)no1)c(=O)n2C. The summed E-state index contributed by atoms with van der Waals surface area (Å²) in [7, 11) is 1.62. The van der Waals surface area contributed by atoms with Crippen molar-refractivity contribution in [2.45, 2.75) is 45.8 Å². The summed E-state index contributed by atoms with van der Waals surface area (Å²) in [6, 6.07) is 9.41. The van der Waals surface area contributed by atoms with Crippen molar-refractivity contribution in [3.05, 3.63) is 68.7 Å². The summed E-state index contributed by atoms with van der Waals surface area (Å²) < 4.78 is 9.78. The molecule has 0 aliphatic carbocycles. The second-order valence-electron chi connectivity index (χ2n) is 9.44. The zero-order chi connectivity index (χ0) is 25.4. The van der Waals surface area contributed by atoms with Gasteiger partial charge in [0, 0.05) is 38.3 Å². The number of hydrogen-bond donors (Lipinski definition) is 1. The number of hydrogen-bond acceptors (Lipinski definition) is 8. The molecule has 3 aromatic heterocycles. The van der Waals surface area contributed by atoms with Gasteiger partial charge < -0.3 is 19.7 Å². The first-order chi connectivity index (χ1) is 17.3. The molecule has 1 fully saturated rings. The Morgan fingerprint density at radius 2 is 1.94 bits per heavy atom. The first-order valence-electron chi connectivity index (χ1n) is 12.1. The van der Waals surface area contributed by atoms with E-state index in [1.807, 2.05) is 54.8 Å². The van der Waals surface area contributed by atoms with Gasteiger partial charge in [-0.15, -0.1) is 0 Å². The minimum absolute atomic E-state index is 0.0345. The second-order valence-corrected chi connectivity index (χ2v) is 9.44. The van der Waals surface area contributed by atoms with Crippen LogP contribution in [0.4, 0.5) is 5.95 Å². The third kappa shape index (κ3) is 4.37. The van der Waals surface area contributed by atoms with Crippen LogP contribution in [0, 0.1) is 0 Å². The number of aromatic nitrogens is 6. The fraction of sp³-hybridized carbons (Fsp3) is 0.400. The topological polar surface area (TPSA) is 130 Å². The van der Waals surface area contributed by atoms with Gasteiger partial charge in [-0.2, -0.15) is 9.97 Å². The number of allylic oxidation sites excluding steroid dienone is 2. The molecule has 0 amide bonds. The predicted octanol–water partition coefficient (Wildman–Crippen LogP) is 1.89. The normalized spacial score (nSPS) is 16.0. The lowest BCUT2D eigenvalue weighted by Gasteiger charge is -2.31. The van der Waals surface area contributed by atoms with Crippen LogP contribution in [0.5, 0.6) is 0 Å². The Hall–Kier alpha value is -3.99. The molecule has 0 bridgehead atoms. The molecule has 188 valence electrons. The quantitative estimate of drug-likeness (QED) is 0.406. The van der Waals surface area contributed by atoms with E-state index in [-0.39, 0.29) is 18.5 Å². The Labute approximate surface area is 207 Å². The molecule has 0 saturated carbocycles. The van der Waals surface area contributed by atoms with Crippen molar-refractivity contribution in [2.24, 2.45) is 12.8 Å². The highest BCUT2D eigenvalue weighted by atomic mass is 16.5. The number of imidazole rings is 1. The molecule has 4 aromatic rings. The Morgan fingerprint density at radius 3 is 2.67 bits per heavy atom. The number of nitrogens with zero attached hydrogens (tertiary/aromatic N) is 7.